The molecule has 12 heteroatoms. The van der Waals surface area contributed by atoms with Crippen LogP contribution in [0.1, 0.15) is 12.8 Å². The van der Waals surface area contributed by atoms with E-state index in [-0.39, 0.29) is 31.1 Å². The normalized spacial score (nSPS) is 13.5. The third-order valence-electron chi connectivity index (χ3n) is 4.92. The molecule has 0 unspecified atom stereocenters. The number of carbonyl (C=O) groups is 2. The number of aromatic nitrogens is 1. The highest BCUT2D eigenvalue weighted by molar-refractivity contribution is 7.91. The number of esters is 1. The Morgan fingerprint density at radius 2 is 1.85 bits per heavy atom. The van der Waals surface area contributed by atoms with Crippen molar-refractivity contribution in [1.29, 1.82) is 0 Å². The molecule has 2 heterocycles. The van der Waals surface area contributed by atoms with E-state index in [2.05, 4.69) is 4.99 Å². The topological polar surface area (TPSA) is 113 Å². The first-order valence-corrected chi connectivity index (χ1v) is 12.3. The third kappa shape index (κ3) is 5.06. The van der Waals surface area contributed by atoms with Crippen molar-refractivity contribution >= 4 is 43.3 Å². The number of hydrogen-bond donors (Lipinski definition) is 0. The summed E-state index contributed by atoms with van der Waals surface area (Å²) >= 11 is 1.21. The zero-order valence-corrected chi connectivity index (χ0v) is 19.1. The van der Waals surface area contributed by atoms with E-state index in [0.29, 0.717) is 21.8 Å². The van der Waals surface area contributed by atoms with Gasteiger partial charge in [-0.25, -0.2) is 12.8 Å². The fourth-order valence-corrected chi connectivity index (χ4v) is 5.52. The van der Waals surface area contributed by atoms with Crippen LogP contribution in [-0.4, -0.2) is 44.5 Å². The first-order chi connectivity index (χ1) is 15.8. The van der Waals surface area contributed by atoms with Crippen molar-refractivity contribution < 1.29 is 36.6 Å². The number of aryl methyl sites for hydroxylation is 1. The molecule has 174 valence electrons. The van der Waals surface area contributed by atoms with E-state index in [1.807, 2.05) is 0 Å². The van der Waals surface area contributed by atoms with Gasteiger partial charge >= 0.3 is 5.97 Å². The predicted molar refractivity (Wildman–Crippen MR) is 116 cm³/mol. The van der Waals surface area contributed by atoms with Gasteiger partial charge in [0.2, 0.25) is 12.7 Å². The molecule has 0 spiro atoms. The summed E-state index contributed by atoms with van der Waals surface area (Å²) in [5.74, 6) is -0.987. The Balaban J connectivity index is 1.61. The molecule has 0 saturated heterocycles. The van der Waals surface area contributed by atoms with Crippen molar-refractivity contribution in [3.8, 4) is 11.5 Å². The number of sulfone groups is 1. The molecule has 0 fully saturated rings. The Kier molecular flexibility index (Phi) is 6.47. The quantitative estimate of drug-likeness (QED) is 0.366. The van der Waals surface area contributed by atoms with E-state index in [9.17, 15) is 22.4 Å². The van der Waals surface area contributed by atoms with E-state index >= 15 is 0 Å². The highest BCUT2D eigenvalue weighted by Gasteiger charge is 2.20. The standard InChI is InChI=1S/C21H19FN2O7S2/c1-29-20(26)6-8-24-15-10-16-17(31-12-30-16)11-18(15)32-21(24)23-19(25)7-9-33(27,28)14-4-2-13(22)3-5-14/h2-5,10-11H,6-9,12H2,1H3. The summed E-state index contributed by atoms with van der Waals surface area (Å²) in [6.45, 7) is 0.305. The van der Waals surface area contributed by atoms with Crippen LogP contribution in [0, 0.1) is 5.82 Å². The van der Waals surface area contributed by atoms with E-state index in [1.165, 1.54) is 18.4 Å². The van der Waals surface area contributed by atoms with Gasteiger partial charge < -0.3 is 18.8 Å². The van der Waals surface area contributed by atoms with Crippen LogP contribution < -0.4 is 14.3 Å². The predicted octanol–water partition coefficient (Wildman–Crippen LogP) is 2.42. The van der Waals surface area contributed by atoms with Crippen molar-refractivity contribution in [2.24, 2.45) is 4.99 Å². The van der Waals surface area contributed by atoms with Crippen LogP contribution >= 0.6 is 11.3 Å². The van der Waals surface area contributed by atoms with Crippen LogP contribution in [0.2, 0.25) is 0 Å². The van der Waals surface area contributed by atoms with Crippen LogP contribution in [0.15, 0.2) is 46.3 Å². The van der Waals surface area contributed by atoms with Gasteiger partial charge in [0.25, 0.3) is 0 Å². The SMILES string of the molecule is COC(=O)CCn1c(=NC(=O)CCS(=O)(=O)c2ccc(F)cc2)sc2cc3c(cc21)OCO3. The summed E-state index contributed by atoms with van der Waals surface area (Å²) < 4.78 is 55.9. The zero-order chi connectivity index (χ0) is 23.6. The Bertz CT molecular complexity index is 1390. The molecular formula is C21H19FN2O7S2. The molecule has 33 heavy (non-hydrogen) atoms. The van der Waals surface area contributed by atoms with Crippen LogP contribution in [-0.2, 0) is 30.7 Å². The Hall–Kier alpha value is -3.25. The van der Waals surface area contributed by atoms with Crippen molar-refractivity contribution in [3.63, 3.8) is 0 Å². The van der Waals surface area contributed by atoms with Gasteiger partial charge in [-0.3, -0.25) is 9.59 Å². The van der Waals surface area contributed by atoms with Gasteiger partial charge in [0.1, 0.15) is 5.82 Å². The minimum Gasteiger partial charge on any atom is -0.469 e. The smallest absolute Gasteiger partial charge is 0.307 e. The lowest BCUT2D eigenvalue weighted by Gasteiger charge is -2.05. The highest BCUT2D eigenvalue weighted by atomic mass is 32.2. The molecule has 0 aliphatic carbocycles. The lowest BCUT2D eigenvalue weighted by molar-refractivity contribution is -0.140. The summed E-state index contributed by atoms with van der Waals surface area (Å²) in [5.41, 5.74) is 0.693. The van der Waals surface area contributed by atoms with E-state index in [1.54, 1.807) is 16.7 Å². The fraction of sp³-hybridized carbons (Fsp3) is 0.286. The first kappa shape index (κ1) is 22.9. The molecule has 0 N–H and O–H groups in total. The molecular weight excluding hydrogens is 475 g/mol. The second-order valence-electron chi connectivity index (χ2n) is 7.06. The number of thiazole rings is 1. The van der Waals surface area contributed by atoms with Gasteiger partial charge in [0.15, 0.2) is 26.1 Å². The van der Waals surface area contributed by atoms with Crippen LogP contribution in [0.5, 0.6) is 11.5 Å². The maximum Gasteiger partial charge on any atom is 0.307 e. The second-order valence-corrected chi connectivity index (χ2v) is 10.2. The Morgan fingerprint density at radius 1 is 1.15 bits per heavy atom. The van der Waals surface area contributed by atoms with Gasteiger partial charge in [-0.2, -0.15) is 4.99 Å². The lowest BCUT2D eigenvalue weighted by Crippen LogP contribution is -2.20. The average molecular weight is 495 g/mol. The van der Waals surface area contributed by atoms with Crippen molar-refractivity contribution in [2.45, 2.75) is 24.3 Å². The van der Waals surface area contributed by atoms with Gasteiger partial charge in [-0.1, -0.05) is 11.3 Å². The molecule has 4 rings (SSSR count). The molecule has 0 radical (unpaired) electrons. The van der Waals surface area contributed by atoms with E-state index in [4.69, 9.17) is 14.2 Å². The summed E-state index contributed by atoms with van der Waals surface area (Å²) in [4.78, 5) is 28.5. The molecule has 1 amide bonds. The molecule has 0 saturated carbocycles. The van der Waals surface area contributed by atoms with Crippen molar-refractivity contribution in [3.05, 3.63) is 47.0 Å². The van der Waals surface area contributed by atoms with Crippen LogP contribution in [0.25, 0.3) is 10.2 Å². The average Bonchev–Trinajstić information content (AvgIpc) is 3.38. The number of ether oxygens (including phenoxy) is 3. The third-order valence-corrected chi connectivity index (χ3v) is 7.70. The molecule has 0 atom stereocenters. The maximum atomic E-state index is 13.1. The highest BCUT2D eigenvalue weighted by Crippen LogP contribution is 2.37. The second kappa shape index (κ2) is 9.32. The van der Waals surface area contributed by atoms with Crippen LogP contribution in [0.3, 0.4) is 0 Å². The van der Waals surface area contributed by atoms with Gasteiger partial charge in [-0.15, -0.1) is 0 Å². The Morgan fingerprint density at radius 3 is 2.55 bits per heavy atom. The first-order valence-electron chi connectivity index (χ1n) is 9.82. The van der Waals surface area contributed by atoms with Gasteiger partial charge in [0.05, 0.1) is 34.4 Å². The fourth-order valence-electron chi connectivity index (χ4n) is 3.21. The minimum atomic E-state index is -3.78. The minimum absolute atomic E-state index is 0.0527. The summed E-state index contributed by atoms with van der Waals surface area (Å²) in [6, 6.07) is 7.91. The molecule has 1 aliphatic rings. The largest absolute Gasteiger partial charge is 0.469 e. The molecule has 1 aliphatic heterocycles. The molecule has 9 nitrogen and oxygen atoms in total. The maximum absolute atomic E-state index is 13.1. The van der Waals surface area contributed by atoms with Crippen molar-refractivity contribution in [1.82, 2.24) is 4.57 Å². The molecule has 3 aromatic rings. The Labute approximate surface area is 192 Å². The number of methoxy groups -OCH3 is 1. The van der Waals surface area contributed by atoms with E-state index < -0.39 is 33.3 Å². The molecule has 2 aromatic carbocycles. The number of rotatable bonds is 7. The summed E-state index contributed by atoms with van der Waals surface area (Å²) in [5, 5.41) is 0. The number of nitrogens with zero attached hydrogens (tertiary/aromatic N) is 2. The summed E-state index contributed by atoms with van der Waals surface area (Å²) in [6.07, 6.45) is -0.301. The molecule has 1 aromatic heterocycles. The molecule has 0 bridgehead atoms. The lowest BCUT2D eigenvalue weighted by atomic mass is 10.3. The number of carbonyl (C=O) groups excluding carboxylic acids is 2. The van der Waals surface area contributed by atoms with Gasteiger partial charge in [0, 0.05) is 25.1 Å². The number of benzene rings is 2. The van der Waals surface area contributed by atoms with Gasteiger partial charge in [-0.05, 0) is 24.3 Å². The summed E-state index contributed by atoms with van der Waals surface area (Å²) in [7, 11) is -2.49. The number of amides is 1. The van der Waals surface area contributed by atoms with Crippen molar-refractivity contribution in [2.75, 3.05) is 19.7 Å². The number of fused-ring (bicyclic) bond motifs is 2. The number of halogens is 1. The van der Waals surface area contributed by atoms with Crippen LogP contribution in [0.4, 0.5) is 4.39 Å². The van der Waals surface area contributed by atoms with E-state index in [0.717, 1.165) is 29.0 Å². The number of hydrogen-bond acceptors (Lipinski definition) is 8. The zero-order valence-electron chi connectivity index (χ0n) is 17.4. The monoisotopic (exact) mass is 494 g/mol.